The zero-order valence-electron chi connectivity index (χ0n) is 22.9. The zero-order chi connectivity index (χ0) is 28.8. The van der Waals surface area contributed by atoms with Gasteiger partial charge in [0.05, 0.1) is 34.7 Å². The van der Waals surface area contributed by atoms with Crippen LogP contribution in [-0.4, -0.2) is 23.3 Å². The Hall–Kier alpha value is -3.97. The summed E-state index contributed by atoms with van der Waals surface area (Å²) in [4.78, 5) is 41.2. The molecular weight excluding hydrogens is 528 g/mol. The summed E-state index contributed by atoms with van der Waals surface area (Å²) in [6.07, 6.45) is 5.36. The van der Waals surface area contributed by atoms with E-state index in [0.717, 1.165) is 42.5 Å². The van der Waals surface area contributed by atoms with Crippen LogP contribution in [0.3, 0.4) is 0 Å². The fraction of sp³-hybridized carbons (Fsp3) is 0.433. The Morgan fingerprint density at radius 2 is 2.02 bits per heavy atom. The summed E-state index contributed by atoms with van der Waals surface area (Å²) in [5, 5.41) is 22.6. The average molecular weight is 561 g/mol. The zero-order valence-corrected chi connectivity index (χ0v) is 23.7. The van der Waals surface area contributed by atoms with Crippen molar-refractivity contribution in [1.82, 2.24) is 0 Å². The van der Waals surface area contributed by atoms with Crippen LogP contribution in [0.4, 0.5) is 10.7 Å². The number of non-ortho nitro benzene ring substituents is 1. The van der Waals surface area contributed by atoms with E-state index in [2.05, 4.69) is 6.07 Å². The lowest BCUT2D eigenvalue weighted by molar-refractivity contribution is -0.384. The predicted octanol–water partition coefficient (Wildman–Crippen LogP) is 6.04. The van der Waals surface area contributed by atoms with Crippen molar-refractivity contribution < 1.29 is 19.2 Å². The highest BCUT2D eigenvalue weighted by Crippen LogP contribution is 2.53. The third-order valence-corrected chi connectivity index (χ3v) is 9.16. The minimum Gasteiger partial charge on any atom is -0.462 e. The number of rotatable bonds is 5. The number of Topliss-reactive ketones (excluding diaryl/α,β-unsaturated/α-hetero) is 1. The third kappa shape index (κ3) is 4.68. The second-order valence-corrected chi connectivity index (χ2v) is 12.4. The molecule has 0 saturated carbocycles. The molecule has 3 aliphatic rings. The normalized spacial score (nSPS) is 20.4. The minimum absolute atomic E-state index is 0.130. The van der Waals surface area contributed by atoms with Crippen molar-refractivity contribution in [2.75, 3.05) is 11.5 Å². The fourth-order valence-corrected chi connectivity index (χ4v) is 7.61. The van der Waals surface area contributed by atoms with Crippen LogP contribution in [0, 0.1) is 26.9 Å². The number of ether oxygens (including phenoxy) is 1. The van der Waals surface area contributed by atoms with E-state index in [4.69, 9.17) is 10.5 Å². The first kappa shape index (κ1) is 27.6. The summed E-state index contributed by atoms with van der Waals surface area (Å²) >= 11 is 1.48. The molecule has 0 fully saturated rings. The average Bonchev–Trinajstić information content (AvgIpc) is 3.09. The standard InChI is InChI=1S/C30H32N4O5S/c1-4-39-29(36)25-19-11-6-5-7-12-23(19)40-28(25)33-21-14-30(2,3)15-22(35)26(21)24(20(16-31)27(33)32)17-9-8-10-18(13-17)34(37)38/h8-10,13,24H,4-7,11-12,14-15,32H2,1-3H3/t24-/m0/s1. The fourth-order valence-electron chi connectivity index (χ4n) is 6.19. The number of fused-ring (bicyclic) bond motifs is 1. The number of carbonyl (C=O) groups is 2. The van der Waals surface area contributed by atoms with Crippen molar-refractivity contribution in [3.05, 3.63) is 78.6 Å². The molecule has 1 aliphatic heterocycles. The number of hydrogen-bond acceptors (Lipinski definition) is 9. The second-order valence-electron chi connectivity index (χ2n) is 11.3. The molecule has 2 heterocycles. The van der Waals surface area contributed by atoms with Gasteiger partial charge in [-0.2, -0.15) is 5.26 Å². The molecule has 1 aromatic heterocycles. The van der Waals surface area contributed by atoms with Crippen molar-refractivity contribution in [3.63, 3.8) is 0 Å². The number of thiophene rings is 1. The third-order valence-electron chi connectivity index (χ3n) is 7.88. The Morgan fingerprint density at radius 1 is 1.27 bits per heavy atom. The van der Waals surface area contributed by atoms with Gasteiger partial charge in [-0.3, -0.25) is 19.8 Å². The lowest BCUT2D eigenvalue weighted by Gasteiger charge is -2.43. The number of hydrogen-bond donors (Lipinski definition) is 1. The van der Waals surface area contributed by atoms with Crippen LogP contribution < -0.4 is 10.6 Å². The molecule has 208 valence electrons. The summed E-state index contributed by atoms with van der Waals surface area (Å²) in [6.45, 7) is 5.99. The predicted molar refractivity (Wildman–Crippen MR) is 152 cm³/mol. The lowest BCUT2D eigenvalue weighted by atomic mass is 9.68. The first-order chi connectivity index (χ1) is 19.1. The van der Waals surface area contributed by atoms with E-state index in [1.54, 1.807) is 24.0 Å². The molecule has 0 bridgehead atoms. The minimum atomic E-state index is -0.844. The molecule has 2 aromatic rings. The number of nitro groups is 1. The summed E-state index contributed by atoms with van der Waals surface area (Å²) in [6, 6.07) is 8.24. The molecule has 0 radical (unpaired) electrons. The molecule has 1 atom stereocenters. The van der Waals surface area contributed by atoms with Crippen LogP contribution >= 0.6 is 11.3 Å². The molecule has 2 aliphatic carbocycles. The van der Waals surface area contributed by atoms with Gasteiger partial charge in [-0.1, -0.05) is 32.4 Å². The van der Waals surface area contributed by atoms with Crippen molar-refractivity contribution in [1.29, 1.82) is 5.26 Å². The van der Waals surface area contributed by atoms with Crippen LogP contribution in [0.25, 0.3) is 0 Å². The Labute approximate surface area is 237 Å². The molecule has 0 unspecified atom stereocenters. The largest absolute Gasteiger partial charge is 0.462 e. The van der Waals surface area contributed by atoms with Gasteiger partial charge in [0.1, 0.15) is 10.8 Å². The van der Waals surface area contributed by atoms with Crippen LogP contribution in [0.1, 0.15) is 85.2 Å². The van der Waals surface area contributed by atoms with Crippen LogP contribution in [0.2, 0.25) is 0 Å². The summed E-state index contributed by atoms with van der Waals surface area (Å²) in [7, 11) is 0. The van der Waals surface area contributed by atoms with Crippen LogP contribution in [0.15, 0.2) is 46.9 Å². The van der Waals surface area contributed by atoms with Gasteiger partial charge in [0, 0.05) is 34.7 Å². The highest BCUT2D eigenvalue weighted by atomic mass is 32.1. The van der Waals surface area contributed by atoms with E-state index < -0.39 is 22.2 Å². The smallest absolute Gasteiger partial charge is 0.341 e. The number of ketones is 1. The number of anilines is 1. The van der Waals surface area contributed by atoms with E-state index in [0.29, 0.717) is 33.8 Å². The number of nitrogens with two attached hydrogens (primary N) is 1. The molecule has 5 rings (SSSR count). The second kappa shape index (κ2) is 10.5. The number of esters is 1. The van der Waals surface area contributed by atoms with Gasteiger partial charge < -0.3 is 10.5 Å². The quantitative estimate of drug-likeness (QED) is 0.202. The molecule has 40 heavy (non-hydrogen) atoms. The van der Waals surface area contributed by atoms with Crippen LogP contribution in [0.5, 0.6) is 0 Å². The molecule has 0 amide bonds. The molecule has 1 aromatic carbocycles. The summed E-state index contributed by atoms with van der Waals surface area (Å²) in [5.74, 6) is -1.29. The highest BCUT2D eigenvalue weighted by Gasteiger charge is 2.46. The Balaban J connectivity index is 1.79. The van der Waals surface area contributed by atoms with Gasteiger partial charge in [0.2, 0.25) is 0 Å². The number of allylic oxidation sites excluding steroid dienone is 3. The number of nitrogens with zero attached hydrogens (tertiary/aromatic N) is 3. The maximum atomic E-state index is 13.9. The summed E-state index contributed by atoms with van der Waals surface area (Å²) in [5.41, 5.74) is 9.35. The number of aryl methyl sites for hydroxylation is 1. The van der Waals surface area contributed by atoms with E-state index in [1.165, 1.54) is 23.5 Å². The molecule has 10 heteroatoms. The lowest BCUT2D eigenvalue weighted by Crippen LogP contribution is -2.42. The molecule has 0 saturated heterocycles. The van der Waals surface area contributed by atoms with Crippen molar-refractivity contribution in [3.8, 4) is 6.07 Å². The van der Waals surface area contributed by atoms with E-state index >= 15 is 0 Å². The highest BCUT2D eigenvalue weighted by molar-refractivity contribution is 7.16. The van der Waals surface area contributed by atoms with Gasteiger partial charge in [-0.15, -0.1) is 11.3 Å². The van der Waals surface area contributed by atoms with E-state index in [1.807, 2.05) is 13.8 Å². The maximum absolute atomic E-state index is 13.9. The molecule has 2 N–H and O–H groups in total. The van der Waals surface area contributed by atoms with Gasteiger partial charge >= 0.3 is 5.97 Å². The maximum Gasteiger partial charge on any atom is 0.341 e. The first-order valence-electron chi connectivity index (χ1n) is 13.6. The van der Waals surface area contributed by atoms with Gasteiger partial charge in [0.25, 0.3) is 5.69 Å². The van der Waals surface area contributed by atoms with E-state index in [-0.39, 0.29) is 35.9 Å². The van der Waals surface area contributed by atoms with Gasteiger partial charge in [0.15, 0.2) is 5.78 Å². The molecule has 9 nitrogen and oxygen atoms in total. The number of carbonyl (C=O) groups excluding carboxylic acids is 2. The Bertz CT molecular complexity index is 1530. The van der Waals surface area contributed by atoms with E-state index in [9.17, 15) is 25.0 Å². The first-order valence-corrected chi connectivity index (χ1v) is 14.4. The van der Waals surface area contributed by atoms with Crippen molar-refractivity contribution >= 4 is 33.8 Å². The topological polar surface area (TPSA) is 140 Å². The molecule has 0 spiro atoms. The number of nitriles is 1. The molecular formula is C30H32N4O5S. The number of nitro benzene ring substituents is 1. The van der Waals surface area contributed by atoms with Gasteiger partial charge in [-0.25, -0.2) is 4.79 Å². The van der Waals surface area contributed by atoms with Crippen LogP contribution in [-0.2, 0) is 22.4 Å². The Kier molecular flexibility index (Phi) is 7.27. The monoisotopic (exact) mass is 560 g/mol. The Morgan fingerprint density at radius 3 is 2.73 bits per heavy atom. The SMILES string of the molecule is CCOC(=O)c1c(N2C(N)=C(C#N)[C@H](c3cccc([N+](=O)[O-])c3)C3=C2CC(C)(C)CC3=O)sc2c1CCCCC2. The van der Waals surface area contributed by atoms with Crippen molar-refractivity contribution in [2.24, 2.45) is 11.1 Å². The van der Waals surface area contributed by atoms with Crippen molar-refractivity contribution in [2.45, 2.75) is 71.6 Å². The van der Waals surface area contributed by atoms with Gasteiger partial charge in [-0.05, 0) is 55.6 Å². The summed E-state index contributed by atoms with van der Waals surface area (Å²) < 4.78 is 5.51. The number of benzene rings is 1.